The molecule has 16 heteroatoms. The molecule has 0 radical (unpaired) electrons. The van der Waals surface area contributed by atoms with E-state index in [0.717, 1.165) is 18.6 Å². The van der Waals surface area contributed by atoms with Gasteiger partial charge in [-0.05, 0) is 74.2 Å². The number of halogens is 9. The predicted octanol–water partition coefficient (Wildman–Crippen LogP) is 9.09. The second-order valence-electron chi connectivity index (χ2n) is 11.0. The molecule has 0 amide bonds. The Morgan fingerprint density at radius 2 is 1.37 bits per heavy atom. The van der Waals surface area contributed by atoms with Crippen LogP contribution in [0, 0.1) is 0 Å². The van der Waals surface area contributed by atoms with Gasteiger partial charge in [-0.25, -0.2) is 9.97 Å². The number of rotatable bonds is 16. The minimum absolute atomic E-state index is 0.00379. The molecule has 49 heavy (non-hydrogen) atoms. The molecule has 0 fully saturated rings. The molecule has 0 aliphatic carbocycles. The molecule has 0 saturated heterocycles. The van der Waals surface area contributed by atoms with Crippen molar-refractivity contribution >= 4 is 17.6 Å². The second kappa shape index (κ2) is 16.9. The van der Waals surface area contributed by atoms with Gasteiger partial charge in [-0.3, -0.25) is 4.79 Å². The number of hydrogen-bond donors (Lipinski definition) is 0. The minimum Gasteiger partial charge on any atom is -0.490 e. The molecule has 0 spiro atoms. The molecule has 1 aromatic heterocycles. The van der Waals surface area contributed by atoms with Crippen LogP contribution < -0.4 is 14.5 Å². The van der Waals surface area contributed by atoms with E-state index in [0.29, 0.717) is 43.8 Å². The molecule has 3 rings (SSSR count). The van der Waals surface area contributed by atoms with Crippen LogP contribution in [0.5, 0.6) is 5.75 Å². The van der Waals surface area contributed by atoms with Crippen LogP contribution in [0.25, 0.3) is 0 Å². The number of unbranched alkanes of at least 4 members (excludes halogenated alkanes) is 1. The number of aromatic nitrogens is 2. The van der Waals surface area contributed by atoms with E-state index >= 15 is 0 Å². The summed E-state index contributed by atoms with van der Waals surface area (Å²) in [5.74, 6) is -0.464. The first-order valence-corrected chi connectivity index (χ1v) is 15.5. The van der Waals surface area contributed by atoms with E-state index < -0.39 is 59.8 Å². The highest BCUT2D eigenvalue weighted by molar-refractivity contribution is 5.69. The number of esters is 1. The van der Waals surface area contributed by atoms with Crippen molar-refractivity contribution in [3.8, 4) is 5.75 Å². The minimum atomic E-state index is -5.11. The van der Waals surface area contributed by atoms with Gasteiger partial charge in [0.15, 0.2) is 5.75 Å². The smallest absolute Gasteiger partial charge is 0.416 e. The molecule has 0 N–H and O–H groups in total. The highest BCUT2D eigenvalue weighted by Gasteiger charge is 2.37. The molecule has 0 aliphatic rings. The Hall–Kier alpha value is -4.24. The summed E-state index contributed by atoms with van der Waals surface area (Å²) in [5, 5.41) is 0. The molecule has 3 aromatic rings. The lowest BCUT2D eigenvalue weighted by Crippen LogP contribution is -2.29. The molecule has 2 aromatic carbocycles. The molecule has 1 heterocycles. The van der Waals surface area contributed by atoms with Gasteiger partial charge in [0.1, 0.15) is 0 Å². The number of nitrogens with zero attached hydrogens (tertiary/aromatic N) is 4. The Balaban J connectivity index is 2.07. The molecule has 0 bridgehead atoms. The Kier molecular flexibility index (Phi) is 13.5. The van der Waals surface area contributed by atoms with Crippen molar-refractivity contribution < 1.29 is 53.8 Å². The fraction of sp³-hybridized carbons (Fsp3) is 0.485. The number of hydrogen-bond acceptors (Lipinski definition) is 7. The van der Waals surface area contributed by atoms with Gasteiger partial charge in [-0.2, -0.15) is 39.5 Å². The average Bonchev–Trinajstić information content (AvgIpc) is 3.02. The van der Waals surface area contributed by atoms with Gasteiger partial charge in [0.05, 0.1) is 42.3 Å². The summed E-state index contributed by atoms with van der Waals surface area (Å²) in [4.78, 5) is 23.0. The molecule has 0 aliphatic heterocycles. The average molecular weight is 709 g/mol. The predicted molar refractivity (Wildman–Crippen MR) is 164 cm³/mol. The van der Waals surface area contributed by atoms with Gasteiger partial charge in [0.25, 0.3) is 0 Å². The third kappa shape index (κ3) is 11.7. The third-order valence-electron chi connectivity index (χ3n) is 7.29. The quantitative estimate of drug-likeness (QED) is 0.0836. The van der Waals surface area contributed by atoms with Crippen LogP contribution in [0.2, 0.25) is 0 Å². The van der Waals surface area contributed by atoms with E-state index in [-0.39, 0.29) is 43.0 Å². The van der Waals surface area contributed by atoms with Crippen molar-refractivity contribution in [3.05, 3.63) is 76.6 Å². The lowest BCUT2D eigenvalue weighted by atomic mass is 10.0. The van der Waals surface area contributed by atoms with Gasteiger partial charge in [-0.1, -0.05) is 13.3 Å². The maximum absolute atomic E-state index is 13.9. The summed E-state index contributed by atoms with van der Waals surface area (Å²) < 4.78 is 134. The Morgan fingerprint density at radius 1 is 0.755 bits per heavy atom. The fourth-order valence-corrected chi connectivity index (χ4v) is 4.92. The maximum atomic E-state index is 13.9. The van der Waals surface area contributed by atoms with Gasteiger partial charge in [0, 0.05) is 38.3 Å². The lowest BCUT2D eigenvalue weighted by Gasteiger charge is -2.30. The zero-order valence-corrected chi connectivity index (χ0v) is 27.1. The van der Waals surface area contributed by atoms with Crippen LogP contribution in [0.1, 0.15) is 74.3 Å². The van der Waals surface area contributed by atoms with Crippen molar-refractivity contribution in [2.45, 2.75) is 78.1 Å². The highest BCUT2D eigenvalue weighted by Crippen LogP contribution is 2.38. The second-order valence-corrected chi connectivity index (χ2v) is 11.0. The zero-order valence-electron chi connectivity index (χ0n) is 27.1. The molecule has 0 atom stereocenters. The number of anilines is 2. The molecular formula is C33H37F9N4O3. The van der Waals surface area contributed by atoms with E-state index in [1.165, 1.54) is 23.4 Å². The Labute approximate surface area is 278 Å². The number of carbonyl (C=O) groups excluding carboxylic acids is 1. The zero-order chi connectivity index (χ0) is 36.4. The molecule has 270 valence electrons. The SMILES string of the molecule is CCCCN(CC)c1ccc(C(F)(F)F)cc1CN(Cc1cc(C(F)(F)F)cc(C(F)(F)F)c1)c1ncc(OCCCC(=O)OCC)cn1. The van der Waals surface area contributed by atoms with Crippen molar-refractivity contribution in [2.24, 2.45) is 0 Å². The monoisotopic (exact) mass is 708 g/mol. The highest BCUT2D eigenvalue weighted by atomic mass is 19.4. The van der Waals surface area contributed by atoms with Gasteiger partial charge < -0.3 is 19.3 Å². The summed E-state index contributed by atoms with van der Waals surface area (Å²) in [6.07, 6.45) is -10.6. The Bertz CT molecular complexity index is 1480. The number of ether oxygens (including phenoxy) is 2. The van der Waals surface area contributed by atoms with Crippen LogP contribution in [0.3, 0.4) is 0 Å². The van der Waals surface area contributed by atoms with Crippen LogP contribution in [0.4, 0.5) is 51.1 Å². The molecular weight excluding hydrogens is 671 g/mol. The third-order valence-corrected chi connectivity index (χ3v) is 7.29. The lowest BCUT2D eigenvalue weighted by molar-refractivity contribution is -0.144. The summed E-state index contributed by atoms with van der Waals surface area (Å²) >= 11 is 0. The largest absolute Gasteiger partial charge is 0.490 e. The van der Waals surface area contributed by atoms with Crippen molar-refractivity contribution in [1.82, 2.24) is 9.97 Å². The molecule has 0 saturated carbocycles. The number of benzene rings is 2. The summed E-state index contributed by atoms with van der Waals surface area (Å²) in [7, 11) is 0. The van der Waals surface area contributed by atoms with E-state index in [1.807, 2.05) is 18.7 Å². The summed E-state index contributed by atoms with van der Waals surface area (Å²) in [6.45, 7) is 5.60. The van der Waals surface area contributed by atoms with Crippen molar-refractivity contribution in [2.75, 3.05) is 36.1 Å². The molecule has 7 nitrogen and oxygen atoms in total. The first-order valence-electron chi connectivity index (χ1n) is 15.5. The van der Waals surface area contributed by atoms with E-state index in [2.05, 4.69) is 9.97 Å². The van der Waals surface area contributed by atoms with Crippen LogP contribution in [0.15, 0.2) is 48.8 Å². The van der Waals surface area contributed by atoms with Gasteiger partial charge >= 0.3 is 24.5 Å². The van der Waals surface area contributed by atoms with Crippen molar-refractivity contribution in [3.63, 3.8) is 0 Å². The van der Waals surface area contributed by atoms with Gasteiger partial charge in [0.2, 0.25) is 5.95 Å². The van der Waals surface area contributed by atoms with Gasteiger partial charge in [-0.15, -0.1) is 0 Å². The summed E-state index contributed by atoms with van der Waals surface area (Å²) in [6, 6.07) is 4.23. The normalized spacial score (nSPS) is 12.2. The summed E-state index contributed by atoms with van der Waals surface area (Å²) in [5.41, 5.74) is -3.96. The van der Waals surface area contributed by atoms with E-state index in [1.54, 1.807) is 6.92 Å². The van der Waals surface area contributed by atoms with Crippen LogP contribution in [-0.2, 0) is 41.1 Å². The number of carbonyl (C=O) groups is 1. The van der Waals surface area contributed by atoms with Crippen molar-refractivity contribution in [1.29, 1.82) is 0 Å². The first-order chi connectivity index (χ1) is 23.0. The standard InChI is InChI=1S/C33H37F9N4O3/c1-4-7-12-45(5-2)28-11-10-24(31(34,35)36)16-23(28)21-46(20-22-14-25(32(37,38)39)17-26(15-22)33(40,41)42)30-43-18-27(19-44-30)49-13-8-9-29(47)48-6-3/h10-11,14-19H,4-9,12-13,20-21H2,1-3H3. The fourth-order valence-electron chi connectivity index (χ4n) is 4.92. The van der Waals surface area contributed by atoms with Crippen LogP contribution >= 0.6 is 0 Å². The number of alkyl halides is 9. The molecule has 0 unspecified atom stereocenters. The first kappa shape index (κ1) is 39.2. The van der Waals surface area contributed by atoms with Crippen LogP contribution in [-0.4, -0.2) is 42.2 Å². The maximum Gasteiger partial charge on any atom is 0.416 e. The van der Waals surface area contributed by atoms with E-state index in [9.17, 15) is 44.3 Å². The Morgan fingerprint density at radius 3 is 1.90 bits per heavy atom. The topological polar surface area (TPSA) is 67.8 Å². The van der Waals surface area contributed by atoms with E-state index in [4.69, 9.17) is 9.47 Å².